The van der Waals surface area contributed by atoms with Gasteiger partial charge in [0.2, 0.25) is 23.6 Å². The number of carboxylic acids is 1. The molecule has 0 spiro atoms. The van der Waals surface area contributed by atoms with Crippen LogP contribution in [-0.4, -0.2) is 71.9 Å². The number of carbonyl (C=O) groups excluding carboxylic acids is 4. The van der Waals surface area contributed by atoms with Crippen LogP contribution in [0.1, 0.15) is 19.3 Å². The van der Waals surface area contributed by atoms with E-state index in [0.717, 1.165) is 0 Å². The lowest BCUT2D eigenvalue weighted by molar-refractivity contribution is -0.138. The van der Waals surface area contributed by atoms with Crippen LogP contribution in [0.15, 0.2) is 0 Å². The zero-order valence-corrected chi connectivity index (χ0v) is 15.3. The summed E-state index contributed by atoms with van der Waals surface area (Å²) in [6.07, 6.45) is 2.12. The number of carbonyl (C=O) groups is 5. The highest BCUT2D eigenvalue weighted by atomic mass is 32.2. The monoisotopic (exact) mass is 391 g/mol. The van der Waals surface area contributed by atoms with Gasteiger partial charge in [0.05, 0.1) is 12.6 Å². The highest BCUT2D eigenvalue weighted by Crippen LogP contribution is 2.01. The van der Waals surface area contributed by atoms with Crippen molar-refractivity contribution in [1.29, 1.82) is 0 Å². The van der Waals surface area contributed by atoms with Gasteiger partial charge >= 0.3 is 5.97 Å². The second-order valence-electron chi connectivity index (χ2n) is 5.34. The number of thioether (sulfide) groups is 1. The van der Waals surface area contributed by atoms with Crippen LogP contribution in [-0.2, 0) is 24.0 Å². The number of amides is 4. The minimum Gasteiger partial charge on any atom is -0.480 e. The Bertz CT molecular complexity index is 530. The van der Waals surface area contributed by atoms with Crippen LogP contribution in [0.5, 0.6) is 0 Å². The SMILES string of the molecule is CSCCC(NC(=O)CNC(=O)C(N)CCC(N)=O)C(=O)NCC(=O)O. The third-order valence-electron chi connectivity index (χ3n) is 3.14. The molecule has 12 heteroatoms. The van der Waals surface area contributed by atoms with Crippen LogP contribution < -0.4 is 27.4 Å². The van der Waals surface area contributed by atoms with Gasteiger partial charge in [0, 0.05) is 6.42 Å². The summed E-state index contributed by atoms with van der Waals surface area (Å²) in [5, 5.41) is 15.5. The Morgan fingerprint density at radius 2 is 1.65 bits per heavy atom. The Morgan fingerprint density at radius 1 is 1.04 bits per heavy atom. The van der Waals surface area contributed by atoms with Gasteiger partial charge in [-0.25, -0.2) is 0 Å². The fourth-order valence-corrected chi connectivity index (χ4v) is 2.23. The second-order valence-corrected chi connectivity index (χ2v) is 6.33. The molecule has 0 radical (unpaired) electrons. The molecule has 8 N–H and O–H groups in total. The van der Waals surface area contributed by atoms with Crippen molar-refractivity contribution in [3.05, 3.63) is 0 Å². The summed E-state index contributed by atoms with van der Waals surface area (Å²) < 4.78 is 0. The van der Waals surface area contributed by atoms with Crippen molar-refractivity contribution in [2.24, 2.45) is 11.5 Å². The van der Waals surface area contributed by atoms with Gasteiger partial charge in [0.1, 0.15) is 12.6 Å². The Morgan fingerprint density at radius 3 is 2.19 bits per heavy atom. The molecule has 2 atom stereocenters. The van der Waals surface area contributed by atoms with E-state index in [1.54, 1.807) is 0 Å². The summed E-state index contributed by atoms with van der Waals surface area (Å²) in [5.41, 5.74) is 10.5. The molecule has 0 aliphatic heterocycles. The Balaban J connectivity index is 4.46. The maximum Gasteiger partial charge on any atom is 0.322 e. The van der Waals surface area contributed by atoms with Crippen molar-refractivity contribution in [1.82, 2.24) is 16.0 Å². The molecular formula is C14H25N5O6S. The third-order valence-corrected chi connectivity index (χ3v) is 3.78. The van der Waals surface area contributed by atoms with Crippen LogP contribution in [0.2, 0.25) is 0 Å². The second kappa shape index (κ2) is 12.9. The molecule has 0 rings (SSSR count). The predicted molar refractivity (Wildman–Crippen MR) is 95.0 cm³/mol. The summed E-state index contributed by atoms with van der Waals surface area (Å²) in [7, 11) is 0. The van der Waals surface area contributed by atoms with E-state index in [2.05, 4.69) is 16.0 Å². The Labute approximate surface area is 155 Å². The molecule has 0 heterocycles. The third kappa shape index (κ3) is 11.3. The standard InChI is InChI=1S/C14H25N5O6S/c1-26-5-4-9(14(25)18-7-12(22)23)19-11(21)6-17-13(24)8(15)2-3-10(16)20/h8-9H,2-7,15H2,1H3,(H2,16,20)(H,17,24)(H,18,25)(H,19,21)(H,22,23). The zero-order valence-electron chi connectivity index (χ0n) is 14.4. The number of primary amides is 1. The molecule has 148 valence electrons. The summed E-state index contributed by atoms with van der Waals surface area (Å²) >= 11 is 1.46. The average Bonchev–Trinajstić information content (AvgIpc) is 2.58. The van der Waals surface area contributed by atoms with E-state index in [1.807, 2.05) is 6.26 Å². The molecule has 0 fully saturated rings. The lowest BCUT2D eigenvalue weighted by atomic mass is 10.1. The number of aliphatic carboxylic acids is 1. The number of hydrogen-bond acceptors (Lipinski definition) is 7. The van der Waals surface area contributed by atoms with Crippen LogP contribution in [0.4, 0.5) is 0 Å². The van der Waals surface area contributed by atoms with Gasteiger partial charge in [-0.2, -0.15) is 11.8 Å². The maximum absolute atomic E-state index is 11.9. The minimum absolute atomic E-state index is 0.0523. The highest BCUT2D eigenvalue weighted by molar-refractivity contribution is 7.98. The van der Waals surface area contributed by atoms with E-state index in [1.165, 1.54) is 11.8 Å². The minimum atomic E-state index is -1.20. The number of hydrogen-bond donors (Lipinski definition) is 6. The van der Waals surface area contributed by atoms with Gasteiger partial charge in [0.25, 0.3) is 0 Å². The molecule has 2 unspecified atom stereocenters. The molecule has 0 aromatic rings. The average molecular weight is 391 g/mol. The van der Waals surface area contributed by atoms with Crippen molar-refractivity contribution in [2.75, 3.05) is 25.1 Å². The lowest BCUT2D eigenvalue weighted by Crippen LogP contribution is -2.51. The predicted octanol–water partition coefficient (Wildman–Crippen LogP) is -2.87. The maximum atomic E-state index is 11.9. The van der Waals surface area contributed by atoms with E-state index in [4.69, 9.17) is 16.6 Å². The number of rotatable bonds is 13. The van der Waals surface area contributed by atoms with E-state index in [0.29, 0.717) is 12.2 Å². The molecule has 0 saturated carbocycles. The molecule has 0 aromatic heterocycles. The van der Waals surface area contributed by atoms with Crippen LogP contribution in [0, 0.1) is 0 Å². The van der Waals surface area contributed by atoms with Gasteiger partial charge < -0.3 is 32.5 Å². The van der Waals surface area contributed by atoms with Crippen molar-refractivity contribution in [2.45, 2.75) is 31.3 Å². The fourth-order valence-electron chi connectivity index (χ4n) is 1.76. The van der Waals surface area contributed by atoms with Crippen LogP contribution in [0.25, 0.3) is 0 Å². The fraction of sp³-hybridized carbons (Fsp3) is 0.643. The van der Waals surface area contributed by atoms with E-state index < -0.39 is 54.8 Å². The van der Waals surface area contributed by atoms with Crippen molar-refractivity contribution >= 4 is 41.4 Å². The molecule has 11 nitrogen and oxygen atoms in total. The first-order chi connectivity index (χ1) is 12.2. The molecule has 0 aromatic carbocycles. The van der Waals surface area contributed by atoms with Crippen molar-refractivity contribution < 1.29 is 29.1 Å². The quantitative estimate of drug-likeness (QED) is 0.193. The molecule has 0 saturated heterocycles. The highest BCUT2D eigenvalue weighted by Gasteiger charge is 2.21. The number of nitrogens with two attached hydrogens (primary N) is 2. The normalized spacial score (nSPS) is 12.5. The topological polar surface area (TPSA) is 194 Å². The number of nitrogens with one attached hydrogen (secondary N) is 3. The summed E-state index contributed by atoms with van der Waals surface area (Å²) in [4.78, 5) is 56.7. The molecule has 0 aliphatic carbocycles. The van der Waals surface area contributed by atoms with Gasteiger partial charge in [-0.05, 0) is 24.9 Å². The van der Waals surface area contributed by atoms with E-state index in [9.17, 15) is 24.0 Å². The zero-order chi connectivity index (χ0) is 20.1. The molecule has 0 bridgehead atoms. The first kappa shape index (κ1) is 23.7. The molecule has 26 heavy (non-hydrogen) atoms. The molecular weight excluding hydrogens is 366 g/mol. The smallest absolute Gasteiger partial charge is 0.322 e. The van der Waals surface area contributed by atoms with Crippen LogP contribution >= 0.6 is 11.8 Å². The van der Waals surface area contributed by atoms with E-state index in [-0.39, 0.29) is 12.8 Å². The molecule has 0 aliphatic rings. The Hall–Kier alpha value is -2.34. The van der Waals surface area contributed by atoms with Gasteiger partial charge in [-0.3, -0.25) is 24.0 Å². The summed E-state index contributed by atoms with van der Waals surface area (Å²) in [5.74, 6) is -3.11. The van der Waals surface area contributed by atoms with Crippen molar-refractivity contribution in [3.8, 4) is 0 Å². The Kier molecular flexibility index (Phi) is 11.8. The number of carboxylic acid groups (broad SMARTS) is 1. The first-order valence-electron chi connectivity index (χ1n) is 7.76. The lowest BCUT2D eigenvalue weighted by Gasteiger charge is -2.18. The van der Waals surface area contributed by atoms with Gasteiger partial charge in [0.15, 0.2) is 0 Å². The van der Waals surface area contributed by atoms with Gasteiger partial charge in [-0.15, -0.1) is 0 Å². The first-order valence-corrected chi connectivity index (χ1v) is 9.16. The van der Waals surface area contributed by atoms with Crippen molar-refractivity contribution in [3.63, 3.8) is 0 Å². The molecule has 4 amide bonds. The summed E-state index contributed by atoms with van der Waals surface area (Å²) in [6.45, 7) is -0.971. The van der Waals surface area contributed by atoms with Crippen LogP contribution in [0.3, 0.4) is 0 Å². The van der Waals surface area contributed by atoms with Gasteiger partial charge in [-0.1, -0.05) is 0 Å². The largest absolute Gasteiger partial charge is 0.480 e. The van der Waals surface area contributed by atoms with E-state index >= 15 is 0 Å². The summed E-state index contributed by atoms with van der Waals surface area (Å²) in [6, 6.07) is -1.91.